The van der Waals surface area contributed by atoms with Crippen LogP contribution in [0, 0.1) is 0 Å². The van der Waals surface area contributed by atoms with Gasteiger partial charge in [0.25, 0.3) is 0 Å². The van der Waals surface area contributed by atoms with E-state index in [9.17, 15) is 9.59 Å². The molecular formula is C16H20N2O3. The highest BCUT2D eigenvalue weighted by molar-refractivity contribution is 5.85. The van der Waals surface area contributed by atoms with E-state index in [-0.39, 0.29) is 18.4 Å². The maximum Gasteiger partial charge on any atom is 0.405 e. The second kappa shape index (κ2) is 7.89. The molecule has 0 aromatic heterocycles. The zero-order chi connectivity index (χ0) is 15.8. The zero-order valence-corrected chi connectivity index (χ0v) is 12.0. The molecule has 2 amide bonds. The van der Waals surface area contributed by atoms with Crippen LogP contribution in [-0.4, -0.2) is 35.1 Å². The molecule has 0 bridgehead atoms. The van der Waals surface area contributed by atoms with Crippen LogP contribution in [0.15, 0.2) is 55.6 Å². The third-order valence-electron chi connectivity index (χ3n) is 3.13. The predicted molar refractivity (Wildman–Crippen MR) is 81.9 cm³/mol. The fourth-order valence-electron chi connectivity index (χ4n) is 2.09. The van der Waals surface area contributed by atoms with E-state index in [1.54, 1.807) is 13.1 Å². The van der Waals surface area contributed by atoms with Crippen molar-refractivity contribution in [2.75, 3.05) is 7.05 Å². The van der Waals surface area contributed by atoms with Crippen LogP contribution in [-0.2, 0) is 4.79 Å². The third kappa shape index (κ3) is 4.49. The van der Waals surface area contributed by atoms with Gasteiger partial charge in [-0.1, -0.05) is 42.5 Å². The van der Waals surface area contributed by atoms with Gasteiger partial charge in [0.05, 0.1) is 6.04 Å². The maximum absolute atomic E-state index is 12.4. The number of carbonyl (C=O) groups excluding carboxylic acids is 1. The van der Waals surface area contributed by atoms with Crippen LogP contribution in [0.3, 0.4) is 0 Å². The maximum atomic E-state index is 12.4. The molecule has 2 N–H and O–H groups in total. The topological polar surface area (TPSA) is 69.6 Å². The Morgan fingerprint density at radius 2 is 1.95 bits per heavy atom. The average molecular weight is 288 g/mol. The predicted octanol–water partition coefficient (Wildman–Crippen LogP) is 2.58. The van der Waals surface area contributed by atoms with E-state index in [4.69, 9.17) is 5.11 Å². The molecule has 1 aromatic carbocycles. The number of benzene rings is 1. The van der Waals surface area contributed by atoms with Gasteiger partial charge in [0, 0.05) is 7.05 Å². The quantitative estimate of drug-likeness (QED) is 0.758. The Morgan fingerprint density at radius 3 is 2.43 bits per heavy atom. The second-order valence-electron chi connectivity index (χ2n) is 4.57. The van der Waals surface area contributed by atoms with Crippen molar-refractivity contribution in [1.29, 1.82) is 0 Å². The first-order valence-electron chi connectivity index (χ1n) is 6.55. The number of hydrogen-bond donors (Lipinski definition) is 2. The van der Waals surface area contributed by atoms with Crippen molar-refractivity contribution in [3.8, 4) is 0 Å². The average Bonchev–Trinajstić information content (AvgIpc) is 2.47. The minimum Gasteiger partial charge on any atom is -0.465 e. The van der Waals surface area contributed by atoms with Crippen molar-refractivity contribution in [2.24, 2.45) is 0 Å². The fraction of sp³-hybridized carbons (Fsp3) is 0.250. The SMILES string of the molecule is C=CC[C@@H](NC(=O)O)C(=O)N(C)C(C=C)c1ccccc1. The van der Waals surface area contributed by atoms with Crippen molar-refractivity contribution in [2.45, 2.75) is 18.5 Å². The Kier molecular flexibility index (Phi) is 6.20. The van der Waals surface area contributed by atoms with Gasteiger partial charge in [0.1, 0.15) is 6.04 Å². The molecule has 0 saturated carbocycles. The molecule has 0 spiro atoms. The summed E-state index contributed by atoms with van der Waals surface area (Å²) in [6.45, 7) is 7.31. The lowest BCUT2D eigenvalue weighted by molar-refractivity contribution is -0.133. The molecule has 0 aliphatic rings. The van der Waals surface area contributed by atoms with E-state index in [0.29, 0.717) is 0 Å². The highest BCUT2D eigenvalue weighted by Gasteiger charge is 2.26. The van der Waals surface area contributed by atoms with Crippen LogP contribution in [0.4, 0.5) is 4.79 Å². The number of amides is 2. The first-order valence-corrected chi connectivity index (χ1v) is 6.55. The smallest absolute Gasteiger partial charge is 0.405 e. The van der Waals surface area contributed by atoms with E-state index in [1.807, 2.05) is 30.3 Å². The van der Waals surface area contributed by atoms with E-state index in [0.717, 1.165) is 5.56 Å². The van der Waals surface area contributed by atoms with Crippen molar-refractivity contribution in [3.05, 3.63) is 61.2 Å². The highest BCUT2D eigenvalue weighted by Crippen LogP contribution is 2.21. The Morgan fingerprint density at radius 1 is 1.33 bits per heavy atom. The van der Waals surface area contributed by atoms with E-state index < -0.39 is 12.1 Å². The van der Waals surface area contributed by atoms with Crippen molar-refractivity contribution >= 4 is 12.0 Å². The summed E-state index contributed by atoms with van der Waals surface area (Å²) in [5.41, 5.74) is 0.913. The molecule has 0 heterocycles. The molecule has 1 unspecified atom stereocenters. The second-order valence-corrected chi connectivity index (χ2v) is 4.57. The molecule has 5 heteroatoms. The van der Waals surface area contributed by atoms with Gasteiger partial charge in [-0.25, -0.2) is 4.79 Å². The molecule has 0 radical (unpaired) electrons. The number of likely N-dealkylation sites (N-methyl/N-ethyl adjacent to an activating group) is 1. The molecule has 1 rings (SSSR count). The molecule has 5 nitrogen and oxygen atoms in total. The highest BCUT2D eigenvalue weighted by atomic mass is 16.4. The van der Waals surface area contributed by atoms with Crippen LogP contribution >= 0.6 is 0 Å². The molecule has 0 aliphatic heterocycles. The summed E-state index contributed by atoms with van der Waals surface area (Å²) in [6.07, 6.45) is 2.16. The van der Waals surface area contributed by atoms with E-state index in [2.05, 4.69) is 18.5 Å². The monoisotopic (exact) mass is 288 g/mol. The normalized spacial score (nSPS) is 12.8. The third-order valence-corrected chi connectivity index (χ3v) is 3.13. The summed E-state index contributed by atoms with van der Waals surface area (Å²) in [4.78, 5) is 24.7. The summed E-state index contributed by atoms with van der Waals surface area (Å²) in [5.74, 6) is -0.328. The lowest BCUT2D eigenvalue weighted by atomic mass is 10.0. The number of nitrogens with zero attached hydrogens (tertiary/aromatic N) is 1. The Bertz CT molecular complexity index is 514. The largest absolute Gasteiger partial charge is 0.465 e. The Hall–Kier alpha value is -2.56. The summed E-state index contributed by atoms with van der Waals surface area (Å²) >= 11 is 0. The number of hydrogen-bond acceptors (Lipinski definition) is 2. The lowest BCUT2D eigenvalue weighted by Crippen LogP contribution is -2.47. The number of carboxylic acid groups (broad SMARTS) is 1. The van der Waals surface area contributed by atoms with E-state index >= 15 is 0 Å². The molecule has 0 fully saturated rings. The Labute approximate surface area is 124 Å². The van der Waals surface area contributed by atoms with Crippen LogP contribution in [0.1, 0.15) is 18.0 Å². The van der Waals surface area contributed by atoms with Gasteiger partial charge in [0.2, 0.25) is 5.91 Å². The molecular weight excluding hydrogens is 268 g/mol. The van der Waals surface area contributed by atoms with Gasteiger partial charge in [-0.05, 0) is 12.0 Å². The lowest BCUT2D eigenvalue weighted by Gasteiger charge is -2.29. The van der Waals surface area contributed by atoms with Crippen molar-refractivity contribution < 1.29 is 14.7 Å². The number of nitrogens with one attached hydrogen (secondary N) is 1. The molecule has 2 atom stereocenters. The fourth-order valence-corrected chi connectivity index (χ4v) is 2.09. The summed E-state index contributed by atoms with van der Waals surface area (Å²) in [6, 6.07) is 8.25. The van der Waals surface area contributed by atoms with Crippen LogP contribution in [0.5, 0.6) is 0 Å². The summed E-state index contributed by atoms with van der Waals surface area (Å²) in [7, 11) is 1.63. The van der Waals surface area contributed by atoms with Gasteiger partial charge in [0.15, 0.2) is 0 Å². The summed E-state index contributed by atoms with van der Waals surface area (Å²) in [5, 5.41) is 11.0. The molecule has 0 aliphatic carbocycles. The van der Waals surface area contributed by atoms with Gasteiger partial charge in [-0.2, -0.15) is 0 Å². The van der Waals surface area contributed by atoms with E-state index in [1.165, 1.54) is 11.0 Å². The molecule has 112 valence electrons. The summed E-state index contributed by atoms with van der Waals surface area (Å²) < 4.78 is 0. The van der Waals surface area contributed by atoms with Crippen LogP contribution in [0.2, 0.25) is 0 Å². The molecule has 21 heavy (non-hydrogen) atoms. The molecule has 0 saturated heterocycles. The minimum absolute atomic E-state index is 0.230. The molecule has 1 aromatic rings. The first-order chi connectivity index (χ1) is 10.0. The Balaban J connectivity index is 2.94. The van der Waals surface area contributed by atoms with Crippen LogP contribution < -0.4 is 5.32 Å². The first kappa shape index (κ1) is 16.5. The van der Waals surface area contributed by atoms with Gasteiger partial charge >= 0.3 is 6.09 Å². The minimum atomic E-state index is -1.24. The number of carbonyl (C=O) groups is 2. The van der Waals surface area contributed by atoms with Gasteiger partial charge in [-0.3, -0.25) is 4.79 Å². The van der Waals surface area contributed by atoms with Gasteiger partial charge < -0.3 is 15.3 Å². The zero-order valence-electron chi connectivity index (χ0n) is 12.0. The van der Waals surface area contributed by atoms with Crippen LogP contribution in [0.25, 0.3) is 0 Å². The van der Waals surface area contributed by atoms with Gasteiger partial charge in [-0.15, -0.1) is 13.2 Å². The number of rotatable bonds is 7. The van der Waals surface area contributed by atoms with Crippen molar-refractivity contribution in [1.82, 2.24) is 10.2 Å². The standard InChI is InChI=1S/C16H20N2O3/c1-4-9-13(17-16(20)21)15(19)18(3)14(5-2)12-10-7-6-8-11-12/h4-8,10-11,13-14,17H,1-2,9H2,3H3,(H,20,21)/t13-,14?/m1/s1. The van der Waals surface area contributed by atoms with Crippen molar-refractivity contribution in [3.63, 3.8) is 0 Å².